The number of thioether (sulfide) groups is 1. The molecule has 184 valence electrons. The number of hydrogen-bond acceptors (Lipinski definition) is 7. The number of rotatable bonds is 8. The molecule has 4 rings (SSSR count). The number of piperidine rings is 1. The highest BCUT2D eigenvalue weighted by atomic mass is 32.2. The molecule has 2 aromatic rings. The van der Waals surface area contributed by atoms with Gasteiger partial charge in [-0.3, -0.25) is 9.59 Å². The molecule has 2 amide bonds. The number of aromatic nitrogens is 1. The Morgan fingerprint density at radius 3 is 2.62 bits per heavy atom. The van der Waals surface area contributed by atoms with E-state index in [2.05, 4.69) is 28.8 Å². The number of thiazole rings is 1. The minimum absolute atomic E-state index is 0.0422. The van der Waals surface area contributed by atoms with Crippen LogP contribution in [0.25, 0.3) is 0 Å². The van der Waals surface area contributed by atoms with Crippen molar-refractivity contribution >= 4 is 45.1 Å². The Balaban J connectivity index is 1.28. The van der Waals surface area contributed by atoms with Gasteiger partial charge in [0.05, 0.1) is 17.0 Å². The molecule has 0 radical (unpaired) electrons. The van der Waals surface area contributed by atoms with Crippen LogP contribution in [0.2, 0.25) is 0 Å². The quantitative estimate of drug-likeness (QED) is 0.572. The Hall–Kier alpha value is -1.95. The van der Waals surface area contributed by atoms with Crippen molar-refractivity contribution in [2.24, 2.45) is 5.92 Å². The number of benzene rings is 1. The molecule has 1 fully saturated rings. The van der Waals surface area contributed by atoms with Crippen molar-refractivity contribution in [1.29, 1.82) is 0 Å². The monoisotopic (exact) mass is 522 g/mol. The first-order chi connectivity index (χ1) is 16.4. The third-order valence-electron chi connectivity index (χ3n) is 6.46. The first-order valence-corrected chi connectivity index (χ1v) is 15.0. The summed E-state index contributed by atoms with van der Waals surface area (Å²) < 4.78 is 28.8. The van der Waals surface area contributed by atoms with E-state index in [0.29, 0.717) is 25.1 Å². The van der Waals surface area contributed by atoms with E-state index in [1.54, 1.807) is 5.51 Å². The summed E-state index contributed by atoms with van der Waals surface area (Å²) in [6.07, 6.45) is 2.67. The minimum Gasteiger partial charge on any atom is -0.335 e. The van der Waals surface area contributed by atoms with Gasteiger partial charge in [0.25, 0.3) is 0 Å². The Morgan fingerprint density at radius 2 is 1.94 bits per heavy atom. The Kier molecular flexibility index (Phi) is 8.28. The summed E-state index contributed by atoms with van der Waals surface area (Å²) in [5.41, 5.74) is 5.09. The molecule has 8 nitrogen and oxygen atoms in total. The van der Waals surface area contributed by atoms with Gasteiger partial charge in [0, 0.05) is 42.7 Å². The Bertz CT molecular complexity index is 1100. The summed E-state index contributed by atoms with van der Waals surface area (Å²) >= 11 is 2.81. The van der Waals surface area contributed by atoms with Gasteiger partial charge in [-0.1, -0.05) is 31.2 Å². The van der Waals surface area contributed by atoms with Crippen molar-refractivity contribution in [2.75, 3.05) is 18.8 Å². The summed E-state index contributed by atoms with van der Waals surface area (Å²) in [5.74, 6) is -0.0303. The zero-order valence-electron chi connectivity index (χ0n) is 19.2. The molecule has 1 aromatic carbocycles. The Morgan fingerprint density at radius 1 is 1.21 bits per heavy atom. The van der Waals surface area contributed by atoms with Gasteiger partial charge in [-0.2, -0.15) is 12.7 Å². The maximum Gasteiger partial charge on any atom is 0.303 e. The van der Waals surface area contributed by atoms with Gasteiger partial charge in [0.2, 0.25) is 11.8 Å². The molecular weight excluding hydrogens is 492 g/mol. The van der Waals surface area contributed by atoms with Crippen LogP contribution in [0.3, 0.4) is 0 Å². The van der Waals surface area contributed by atoms with Crippen LogP contribution < -0.4 is 4.72 Å². The number of hydrogen-bond donors (Lipinski definition) is 1. The van der Waals surface area contributed by atoms with E-state index in [9.17, 15) is 18.0 Å². The van der Waals surface area contributed by atoms with Crippen molar-refractivity contribution in [1.82, 2.24) is 18.9 Å². The highest BCUT2D eigenvalue weighted by molar-refractivity contribution is 7.99. The molecule has 2 aliphatic rings. The van der Waals surface area contributed by atoms with Crippen LogP contribution in [0.15, 0.2) is 35.2 Å². The van der Waals surface area contributed by atoms with E-state index >= 15 is 0 Å². The molecule has 1 unspecified atom stereocenters. The van der Waals surface area contributed by atoms with Crippen LogP contribution in [0, 0.1) is 5.92 Å². The number of fused-ring (bicyclic) bond motifs is 1. The van der Waals surface area contributed by atoms with Crippen LogP contribution in [0.4, 0.5) is 0 Å². The first-order valence-electron chi connectivity index (χ1n) is 11.5. The molecular formula is C23H30N4O4S3. The lowest BCUT2D eigenvalue weighted by molar-refractivity contribution is -0.140. The van der Waals surface area contributed by atoms with Gasteiger partial charge in [-0.25, -0.2) is 9.71 Å². The molecule has 1 aromatic heterocycles. The standard InChI is InChI=1S/C23H30N4O4S3/c1-2-21-11-18-5-3-4-6-19(18)12-27(21)23(29)17-7-9-26(10-8-17)34(30,31)25-22(28)15-32-13-20-14-33-16-24-20/h3-6,14,16-17,21H,2,7-13,15H2,1H3,(H,25,28). The molecule has 0 spiro atoms. The summed E-state index contributed by atoms with van der Waals surface area (Å²) in [4.78, 5) is 31.7. The lowest BCUT2D eigenvalue weighted by atomic mass is 9.89. The molecule has 0 saturated carbocycles. The van der Waals surface area contributed by atoms with Crippen LogP contribution in [-0.4, -0.2) is 59.3 Å². The fourth-order valence-electron chi connectivity index (χ4n) is 4.58. The summed E-state index contributed by atoms with van der Waals surface area (Å²) in [7, 11) is -3.91. The van der Waals surface area contributed by atoms with E-state index in [4.69, 9.17) is 0 Å². The maximum atomic E-state index is 13.4. The van der Waals surface area contributed by atoms with Gasteiger partial charge >= 0.3 is 10.2 Å². The molecule has 1 atom stereocenters. The molecule has 0 aliphatic carbocycles. The largest absolute Gasteiger partial charge is 0.335 e. The average Bonchev–Trinajstić information content (AvgIpc) is 3.36. The normalized spacial score (nSPS) is 19.6. The van der Waals surface area contributed by atoms with Crippen LogP contribution in [0.1, 0.15) is 43.0 Å². The summed E-state index contributed by atoms with van der Waals surface area (Å²) in [5, 5.41) is 1.90. The van der Waals surface area contributed by atoms with Gasteiger partial charge in [0.15, 0.2) is 0 Å². The van der Waals surface area contributed by atoms with E-state index in [1.807, 2.05) is 22.4 Å². The lowest BCUT2D eigenvalue weighted by Crippen LogP contribution is -2.51. The predicted molar refractivity (Wildman–Crippen MR) is 134 cm³/mol. The first kappa shape index (κ1) is 25.2. The second kappa shape index (κ2) is 11.2. The zero-order valence-corrected chi connectivity index (χ0v) is 21.6. The molecule has 11 heteroatoms. The van der Waals surface area contributed by atoms with Crippen molar-refractivity contribution < 1.29 is 18.0 Å². The zero-order chi connectivity index (χ0) is 24.1. The minimum atomic E-state index is -3.91. The summed E-state index contributed by atoms with van der Waals surface area (Å²) in [6.45, 7) is 3.17. The lowest BCUT2D eigenvalue weighted by Gasteiger charge is -2.40. The van der Waals surface area contributed by atoms with Crippen LogP contribution in [0.5, 0.6) is 0 Å². The number of nitrogens with one attached hydrogen (secondary N) is 1. The fraction of sp³-hybridized carbons (Fsp3) is 0.522. The highest BCUT2D eigenvalue weighted by Gasteiger charge is 2.36. The number of nitrogens with zero attached hydrogens (tertiary/aromatic N) is 3. The van der Waals surface area contributed by atoms with Crippen molar-refractivity contribution in [3.63, 3.8) is 0 Å². The van der Waals surface area contributed by atoms with Crippen molar-refractivity contribution in [3.8, 4) is 0 Å². The maximum absolute atomic E-state index is 13.4. The molecule has 2 aliphatic heterocycles. The van der Waals surface area contributed by atoms with Crippen molar-refractivity contribution in [3.05, 3.63) is 52.0 Å². The summed E-state index contributed by atoms with van der Waals surface area (Å²) in [6, 6.07) is 8.43. The van der Waals surface area contributed by atoms with Gasteiger partial charge in [-0.05, 0) is 36.8 Å². The van der Waals surface area contributed by atoms with E-state index in [-0.39, 0.29) is 36.7 Å². The molecule has 34 heavy (non-hydrogen) atoms. The molecule has 1 N–H and O–H groups in total. The highest BCUT2D eigenvalue weighted by Crippen LogP contribution is 2.29. The number of amides is 2. The average molecular weight is 523 g/mol. The Labute approximate surface area is 209 Å². The topological polar surface area (TPSA) is 99.7 Å². The molecule has 0 bridgehead atoms. The van der Waals surface area contributed by atoms with E-state index in [1.165, 1.54) is 38.5 Å². The number of carbonyl (C=O) groups excluding carboxylic acids is 2. The number of carbonyl (C=O) groups is 2. The fourth-order valence-corrected chi connectivity index (χ4v) is 7.25. The second-order valence-electron chi connectivity index (χ2n) is 8.68. The van der Waals surface area contributed by atoms with Gasteiger partial charge in [0.1, 0.15) is 0 Å². The smallest absolute Gasteiger partial charge is 0.303 e. The predicted octanol–water partition coefficient (Wildman–Crippen LogP) is 2.81. The SMILES string of the molecule is CCC1Cc2ccccc2CN1C(=O)C1CCN(S(=O)(=O)NC(=O)CSCc2cscn2)CC1. The third kappa shape index (κ3) is 5.99. The van der Waals surface area contributed by atoms with Crippen molar-refractivity contribution in [2.45, 2.75) is 50.9 Å². The second-order valence-corrected chi connectivity index (χ2v) is 12.1. The van der Waals surface area contributed by atoms with Crippen LogP contribution in [-0.2, 0) is 38.5 Å². The van der Waals surface area contributed by atoms with E-state index < -0.39 is 16.1 Å². The third-order valence-corrected chi connectivity index (χ3v) is 9.59. The van der Waals surface area contributed by atoms with Crippen LogP contribution >= 0.6 is 23.1 Å². The van der Waals surface area contributed by atoms with Gasteiger partial charge in [-0.15, -0.1) is 23.1 Å². The van der Waals surface area contributed by atoms with E-state index in [0.717, 1.165) is 18.5 Å². The van der Waals surface area contributed by atoms with Gasteiger partial charge < -0.3 is 4.90 Å². The molecule has 1 saturated heterocycles. The molecule has 3 heterocycles.